The predicted molar refractivity (Wildman–Crippen MR) is 100 cm³/mol. The Bertz CT molecular complexity index is 792. The van der Waals surface area contributed by atoms with Gasteiger partial charge in [0, 0.05) is 18.7 Å². The number of rotatable bonds is 2. The van der Waals surface area contributed by atoms with Crippen molar-refractivity contribution >= 4 is 11.9 Å². The number of ether oxygens (including phenoxy) is 1. The minimum atomic E-state index is -0.353. The van der Waals surface area contributed by atoms with Crippen molar-refractivity contribution in [2.75, 3.05) is 6.61 Å². The first-order chi connectivity index (χ1) is 12.1. The minimum absolute atomic E-state index is 0.349. The van der Waals surface area contributed by atoms with Gasteiger partial charge < -0.3 is 9.64 Å². The lowest BCUT2D eigenvalue weighted by molar-refractivity contribution is -0.114. The molecule has 1 heterocycles. The normalized spacial score (nSPS) is 13.5. The molecule has 3 rings (SSSR count). The Morgan fingerprint density at radius 3 is 2.08 bits per heavy atom. The molecule has 1 amide bonds. The van der Waals surface area contributed by atoms with E-state index in [4.69, 9.17) is 4.74 Å². The van der Waals surface area contributed by atoms with Crippen LogP contribution < -0.4 is 0 Å². The number of aliphatic imine (C=N–C) groups is 1. The number of carbonyl (C=O) groups excluding carboxylic acids is 1. The summed E-state index contributed by atoms with van der Waals surface area (Å²) in [6.07, 6.45) is 0. The summed E-state index contributed by atoms with van der Waals surface area (Å²) >= 11 is 0. The second kappa shape index (κ2) is 7.34. The van der Waals surface area contributed by atoms with Crippen LogP contribution in [-0.4, -0.2) is 23.4 Å². The van der Waals surface area contributed by atoms with Gasteiger partial charge >= 0.3 is 0 Å². The Morgan fingerprint density at radius 1 is 1.08 bits per heavy atom. The van der Waals surface area contributed by atoms with Crippen molar-refractivity contribution in [1.82, 2.24) is 4.90 Å². The molecule has 0 unspecified atom stereocenters. The molecule has 128 valence electrons. The molecule has 25 heavy (non-hydrogen) atoms. The van der Waals surface area contributed by atoms with Crippen molar-refractivity contribution in [1.29, 1.82) is 0 Å². The maximum atomic E-state index is 12.1. The first-order valence-electron chi connectivity index (χ1n) is 8.42. The standard InChI is InChI=1S/C21H22N2O2/c1-4-25-21(22-20(24)15(2)3)23-13-16-9-5-7-11-18(16)19-12-8-6-10-17(19)14-23/h5-12H,2,4,13-14H2,1,3H3. The Morgan fingerprint density at radius 2 is 1.60 bits per heavy atom. The molecule has 2 aromatic rings. The van der Waals surface area contributed by atoms with Gasteiger partial charge in [-0.05, 0) is 36.1 Å². The van der Waals surface area contributed by atoms with Gasteiger partial charge in [0.15, 0.2) is 0 Å². The lowest BCUT2D eigenvalue weighted by Crippen LogP contribution is -2.32. The molecule has 1 aliphatic rings. The van der Waals surface area contributed by atoms with E-state index in [1.165, 1.54) is 22.3 Å². The molecule has 0 spiro atoms. The summed E-state index contributed by atoms with van der Waals surface area (Å²) in [6, 6.07) is 17.0. The fourth-order valence-corrected chi connectivity index (χ4v) is 2.95. The van der Waals surface area contributed by atoms with E-state index in [9.17, 15) is 4.79 Å². The largest absolute Gasteiger partial charge is 0.465 e. The number of nitrogens with zero attached hydrogens (tertiary/aromatic N) is 2. The molecular formula is C21H22N2O2. The Hall–Kier alpha value is -2.88. The quantitative estimate of drug-likeness (QED) is 0.470. The third-order valence-electron chi connectivity index (χ3n) is 4.15. The number of benzene rings is 2. The van der Waals surface area contributed by atoms with Gasteiger partial charge in [-0.2, -0.15) is 4.99 Å². The molecule has 0 radical (unpaired) electrons. The Labute approximate surface area is 148 Å². The van der Waals surface area contributed by atoms with Crippen molar-refractivity contribution < 1.29 is 9.53 Å². The molecule has 4 heteroatoms. The van der Waals surface area contributed by atoms with Crippen molar-refractivity contribution in [3.63, 3.8) is 0 Å². The van der Waals surface area contributed by atoms with Crippen molar-refractivity contribution in [3.05, 3.63) is 71.8 Å². The smallest absolute Gasteiger partial charge is 0.296 e. The molecule has 4 nitrogen and oxygen atoms in total. The van der Waals surface area contributed by atoms with Crippen LogP contribution in [-0.2, 0) is 22.6 Å². The van der Waals surface area contributed by atoms with Gasteiger partial charge in [-0.1, -0.05) is 55.1 Å². The fraction of sp³-hybridized carbons (Fsp3) is 0.238. The first-order valence-corrected chi connectivity index (χ1v) is 8.42. The fourth-order valence-electron chi connectivity index (χ4n) is 2.95. The predicted octanol–water partition coefficient (Wildman–Crippen LogP) is 4.16. The van der Waals surface area contributed by atoms with Crippen LogP contribution in [0.2, 0.25) is 0 Å². The number of hydrogen-bond acceptors (Lipinski definition) is 2. The summed E-state index contributed by atoms with van der Waals surface area (Å²) in [5.74, 6) is -0.353. The highest BCUT2D eigenvalue weighted by Crippen LogP contribution is 2.32. The molecule has 0 aliphatic carbocycles. The van der Waals surface area contributed by atoms with E-state index in [2.05, 4.69) is 35.8 Å². The third-order valence-corrected chi connectivity index (χ3v) is 4.15. The third kappa shape index (κ3) is 3.63. The van der Waals surface area contributed by atoms with Crippen LogP contribution in [0.25, 0.3) is 11.1 Å². The minimum Gasteiger partial charge on any atom is -0.465 e. The molecule has 0 N–H and O–H groups in total. The molecule has 0 atom stereocenters. The lowest BCUT2D eigenvalue weighted by Gasteiger charge is -2.24. The summed E-state index contributed by atoms with van der Waals surface area (Å²) in [5, 5.41) is 0. The molecular weight excluding hydrogens is 312 g/mol. The molecule has 1 aliphatic heterocycles. The van der Waals surface area contributed by atoms with Crippen LogP contribution >= 0.6 is 0 Å². The van der Waals surface area contributed by atoms with Gasteiger partial charge in [-0.3, -0.25) is 4.79 Å². The average Bonchev–Trinajstić information content (AvgIpc) is 2.78. The summed E-state index contributed by atoms with van der Waals surface area (Å²) < 4.78 is 5.70. The van der Waals surface area contributed by atoms with E-state index < -0.39 is 0 Å². The first kappa shape index (κ1) is 17.0. The zero-order valence-corrected chi connectivity index (χ0v) is 14.7. The summed E-state index contributed by atoms with van der Waals surface area (Å²) in [5.41, 5.74) is 5.18. The highest BCUT2D eigenvalue weighted by atomic mass is 16.5. The number of amidine groups is 1. The van der Waals surface area contributed by atoms with Crippen LogP contribution in [0.15, 0.2) is 65.7 Å². The van der Waals surface area contributed by atoms with E-state index in [0.717, 1.165) is 0 Å². The number of fused-ring (bicyclic) bond motifs is 3. The lowest BCUT2D eigenvalue weighted by atomic mass is 9.97. The van der Waals surface area contributed by atoms with Crippen LogP contribution in [0.4, 0.5) is 0 Å². The van der Waals surface area contributed by atoms with Crippen LogP contribution in [0, 0.1) is 0 Å². The average molecular weight is 334 g/mol. The molecule has 0 fully saturated rings. The molecule has 0 saturated heterocycles. The highest BCUT2D eigenvalue weighted by Gasteiger charge is 2.23. The second-order valence-electron chi connectivity index (χ2n) is 6.08. The maximum Gasteiger partial charge on any atom is 0.296 e. The number of hydrogen-bond donors (Lipinski definition) is 0. The topological polar surface area (TPSA) is 41.9 Å². The van der Waals surface area contributed by atoms with Gasteiger partial charge in [0.2, 0.25) is 0 Å². The van der Waals surface area contributed by atoms with Gasteiger partial charge in [0.1, 0.15) is 0 Å². The second-order valence-corrected chi connectivity index (χ2v) is 6.08. The zero-order valence-electron chi connectivity index (χ0n) is 14.7. The van der Waals surface area contributed by atoms with Crippen LogP contribution in [0.1, 0.15) is 25.0 Å². The molecule has 2 aromatic carbocycles. The highest BCUT2D eigenvalue weighted by molar-refractivity contribution is 6.00. The SMILES string of the molecule is C=C(C)C(=O)N=C(OCC)N1Cc2ccccc2-c2ccccc2C1. The monoisotopic (exact) mass is 334 g/mol. The molecule has 0 aromatic heterocycles. The number of amides is 1. The summed E-state index contributed by atoms with van der Waals surface area (Å²) in [7, 11) is 0. The Kier molecular flexibility index (Phi) is 4.98. The maximum absolute atomic E-state index is 12.1. The summed E-state index contributed by atoms with van der Waals surface area (Å²) in [4.78, 5) is 18.2. The molecule has 0 bridgehead atoms. The van der Waals surface area contributed by atoms with Crippen LogP contribution in [0.3, 0.4) is 0 Å². The number of carbonyl (C=O) groups is 1. The summed E-state index contributed by atoms with van der Waals surface area (Å²) in [6.45, 7) is 8.93. The van der Waals surface area contributed by atoms with Gasteiger partial charge in [-0.25, -0.2) is 0 Å². The van der Waals surface area contributed by atoms with E-state index in [-0.39, 0.29) is 5.91 Å². The molecule has 0 saturated carbocycles. The van der Waals surface area contributed by atoms with E-state index in [1.54, 1.807) is 6.92 Å². The van der Waals surface area contributed by atoms with Crippen molar-refractivity contribution in [3.8, 4) is 11.1 Å². The van der Waals surface area contributed by atoms with E-state index in [0.29, 0.717) is 31.3 Å². The van der Waals surface area contributed by atoms with E-state index in [1.807, 2.05) is 36.1 Å². The van der Waals surface area contributed by atoms with Crippen molar-refractivity contribution in [2.45, 2.75) is 26.9 Å². The Balaban J connectivity index is 2.06. The van der Waals surface area contributed by atoms with Crippen molar-refractivity contribution in [2.24, 2.45) is 4.99 Å². The van der Waals surface area contributed by atoms with Gasteiger partial charge in [0.25, 0.3) is 11.9 Å². The van der Waals surface area contributed by atoms with Gasteiger partial charge in [0.05, 0.1) is 6.61 Å². The van der Waals surface area contributed by atoms with Crippen LogP contribution in [0.5, 0.6) is 0 Å². The van der Waals surface area contributed by atoms with Gasteiger partial charge in [-0.15, -0.1) is 0 Å². The zero-order chi connectivity index (χ0) is 17.8. The van der Waals surface area contributed by atoms with E-state index >= 15 is 0 Å².